The van der Waals surface area contributed by atoms with Gasteiger partial charge in [0.2, 0.25) is 0 Å². The fraction of sp³-hybridized carbons (Fsp3) is 0.364. The van der Waals surface area contributed by atoms with Gasteiger partial charge in [-0.3, -0.25) is 14.6 Å². The molecule has 0 aliphatic carbocycles. The third-order valence-electron chi connectivity index (χ3n) is 4.78. The molecule has 1 N–H and O–H groups in total. The van der Waals surface area contributed by atoms with Crippen molar-refractivity contribution < 1.29 is 9.53 Å². The van der Waals surface area contributed by atoms with Gasteiger partial charge in [0, 0.05) is 37.7 Å². The zero-order valence-corrected chi connectivity index (χ0v) is 17.4. The number of carbonyl (C=O) groups is 1. The molecular weight excluding hydrogens is 388 g/mol. The van der Waals surface area contributed by atoms with E-state index in [4.69, 9.17) is 16.3 Å². The number of benzene rings is 2. The van der Waals surface area contributed by atoms with E-state index in [1.54, 1.807) is 6.21 Å². The van der Waals surface area contributed by atoms with E-state index in [1.807, 2.05) is 49.4 Å². The normalized spacial score (nSPS) is 15.5. The summed E-state index contributed by atoms with van der Waals surface area (Å²) in [5.41, 5.74) is 4.65. The second-order valence-corrected chi connectivity index (χ2v) is 7.35. The van der Waals surface area contributed by atoms with Crippen molar-refractivity contribution in [3.8, 4) is 5.75 Å². The first-order chi connectivity index (χ1) is 14.1. The molecule has 1 aliphatic heterocycles. The molecule has 2 aromatic rings. The Morgan fingerprint density at radius 2 is 1.79 bits per heavy atom. The highest BCUT2D eigenvalue weighted by Gasteiger charge is 2.19. The number of amides is 1. The molecule has 154 valence electrons. The van der Waals surface area contributed by atoms with Crippen LogP contribution in [0.3, 0.4) is 0 Å². The number of nitrogens with one attached hydrogen (secondary N) is 1. The predicted octanol–water partition coefficient (Wildman–Crippen LogP) is 3.01. The smallest absolute Gasteiger partial charge is 0.254 e. The van der Waals surface area contributed by atoms with E-state index in [-0.39, 0.29) is 5.91 Å². The molecule has 0 aromatic heterocycles. The van der Waals surface area contributed by atoms with Crippen molar-refractivity contribution >= 4 is 23.7 Å². The van der Waals surface area contributed by atoms with Gasteiger partial charge in [-0.1, -0.05) is 29.8 Å². The molecule has 0 unspecified atom stereocenters. The Morgan fingerprint density at radius 3 is 2.48 bits per heavy atom. The van der Waals surface area contributed by atoms with Gasteiger partial charge in [-0.25, -0.2) is 5.43 Å². The largest absolute Gasteiger partial charge is 0.494 e. The fourth-order valence-electron chi connectivity index (χ4n) is 3.21. The van der Waals surface area contributed by atoms with Gasteiger partial charge in [0.15, 0.2) is 0 Å². The minimum Gasteiger partial charge on any atom is -0.494 e. The first kappa shape index (κ1) is 21.3. The summed E-state index contributed by atoms with van der Waals surface area (Å²) in [6.45, 7) is 7.29. The highest BCUT2D eigenvalue weighted by Crippen LogP contribution is 2.17. The van der Waals surface area contributed by atoms with E-state index in [1.165, 1.54) is 0 Å². The first-order valence-corrected chi connectivity index (χ1v) is 10.2. The summed E-state index contributed by atoms with van der Waals surface area (Å²) in [6, 6.07) is 15.5. The number of hydrazone groups is 1. The van der Waals surface area contributed by atoms with Crippen molar-refractivity contribution in [1.29, 1.82) is 0 Å². The summed E-state index contributed by atoms with van der Waals surface area (Å²) in [5, 5.41) is 4.85. The average molecular weight is 415 g/mol. The molecule has 2 aromatic carbocycles. The van der Waals surface area contributed by atoms with Gasteiger partial charge in [0.05, 0.1) is 19.4 Å². The molecule has 0 bridgehead atoms. The van der Waals surface area contributed by atoms with E-state index < -0.39 is 0 Å². The summed E-state index contributed by atoms with van der Waals surface area (Å²) in [6.07, 6.45) is 1.63. The van der Waals surface area contributed by atoms with Crippen molar-refractivity contribution in [2.75, 3.05) is 39.3 Å². The second-order valence-electron chi connectivity index (χ2n) is 6.94. The van der Waals surface area contributed by atoms with Crippen LogP contribution in [0.4, 0.5) is 0 Å². The quantitative estimate of drug-likeness (QED) is 0.533. The Balaban J connectivity index is 1.37. The third-order valence-corrected chi connectivity index (χ3v) is 5.15. The molecule has 1 fully saturated rings. The summed E-state index contributed by atoms with van der Waals surface area (Å²) in [7, 11) is 0. The van der Waals surface area contributed by atoms with Crippen molar-refractivity contribution in [3.63, 3.8) is 0 Å². The number of piperazine rings is 1. The van der Waals surface area contributed by atoms with E-state index in [9.17, 15) is 4.79 Å². The van der Waals surface area contributed by atoms with Crippen LogP contribution in [0.1, 0.15) is 18.1 Å². The summed E-state index contributed by atoms with van der Waals surface area (Å²) >= 11 is 6.25. The summed E-state index contributed by atoms with van der Waals surface area (Å²) < 4.78 is 5.40. The molecule has 0 atom stereocenters. The van der Waals surface area contributed by atoms with Gasteiger partial charge in [0.25, 0.3) is 5.91 Å². The van der Waals surface area contributed by atoms with E-state index in [0.29, 0.717) is 13.2 Å². The Morgan fingerprint density at radius 1 is 1.10 bits per heavy atom. The number of halogens is 1. The summed E-state index contributed by atoms with van der Waals surface area (Å²) in [4.78, 5) is 16.6. The second kappa shape index (κ2) is 11.0. The van der Waals surface area contributed by atoms with Crippen LogP contribution in [0.5, 0.6) is 5.75 Å². The van der Waals surface area contributed by atoms with Crippen LogP contribution in [0.2, 0.25) is 5.02 Å². The molecule has 1 saturated heterocycles. The number of carbonyl (C=O) groups excluding carboxylic acids is 1. The average Bonchev–Trinajstić information content (AvgIpc) is 2.73. The molecule has 6 nitrogen and oxygen atoms in total. The highest BCUT2D eigenvalue weighted by molar-refractivity contribution is 6.31. The number of rotatable bonds is 8. The standard InChI is InChI=1S/C22H27ClN4O2/c1-2-29-20-9-7-18(8-10-20)15-24-25-22(28)17-27-13-11-26(12-14-27)16-19-5-3-4-6-21(19)23/h3-10,15H,2,11-14,16-17H2,1H3,(H,25,28). The molecule has 29 heavy (non-hydrogen) atoms. The zero-order valence-electron chi connectivity index (χ0n) is 16.7. The minimum absolute atomic E-state index is 0.105. The lowest BCUT2D eigenvalue weighted by molar-refractivity contribution is -0.122. The van der Waals surface area contributed by atoms with E-state index >= 15 is 0 Å². The van der Waals surface area contributed by atoms with Gasteiger partial charge in [-0.05, 0) is 48.4 Å². The monoisotopic (exact) mass is 414 g/mol. The molecule has 7 heteroatoms. The molecule has 1 amide bonds. The molecular formula is C22H27ClN4O2. The molecule has 0 saturated carbocycles. The van der Waals surface area contributed by atoms with Gasteiger partial charge in [-0.15, -0.1) is 0 Å². The van der Waals surface area contributed by atoms with Crippen LogP contribution in [0.25, 0.3) is 0 Å². The predicted molar refractivity (Wildman–Crippen MR) is 117 cm³/mol. The van der Waals surface area contributed by atoms with Crippen LogP contribution >= 0.6 is 11.6 Å². The summed E-state index contributed by atoms with van der Waals surface area (Å²) in [5.74, 6) is 0.717. The SMILES string of the molecule is CCOc1ccc(C=NNC(=O)CN2CCN(Cc3ccccc3Cl)CC2)cc1. The Hall–Kier alpha value is -2.41. The van der Waals surface area contributed by atoms with Crippen LogP contribution in [0.15, 0.2) is 53.6 Å². The number of ether oxygens (including phenoxy) is 1. The van der Waals surface area contributed by atoms with Gasteiger partial charge >= 0.3 is 0 Å². The van der Waals surface area contributed by atoms with Crippen LogP contribution in [-0.4, -0.2) is 61.3 Å². The maximum Gasteiger partial charge on any atom is 0.254 e. The Labute approximate surface area is 177 Å². The molecule has 1 heterocycles. The lowest BCUT2D eigenvalue weighted by Crippen LogP contribution is -2.48. The lowest BCUT2D eigenvalue weighted by atomic mass is 10.2. The topological polar surface area (TPSA) is 57.2 Å². The van der Waals surface area contributed by atoms with Crippen LogP contribution in [-0.2, 0) is 11.3 Å². The van der Waals surface area contributed by atoms with Crippen molar-refractivity contribution in [2.24, 2.45) is 5.10 Å². The van der Waals surface area contributed by atoms with Gasteiger partial charge < -0.3 is 4.74 Å². The molecule has 0 spiro atoms. The van der Waals surface area contributed by atoms with Gasteiger partial charge in [0.1, 0.15) is 5.75 Å². The van der Waals surface area contributed by atoms with Crippen molar-refractivity contribution in [2.45, 2.75) is 13.5 Å². The van der Waals surface area contributed by atoms with Crippen molar-refractivity contribution in [3.05, 3.63) is 64.7 Å². The minimum atomic E-state index is -0.105. The zero-order chi connectivity index (χ0) is 20.5. The third kappa shape index (κ3) is 6.85. The highest BCUT2D eigenvalue weighted by atomic mass is 35.5. The Kier molecular flexibility index (Phi) is 8.04. The molecule has 0 radical (unpaired) electrons. The lowest BCUT2D eigenvalue weighted by Gasteiger charge is -2.34. The van der Waals surface area contributed by atoms with Gasteiger partial charge in [-0.2, -0.15) is 5.10 Å². The number of hydrogen-bond donors (Lipinski definition) is 1. The van der Waals surface area contributed by atoms with Crippen LogP contribution in [0, 0.1) is 0 Å². The maximum atomic E-state index is 12.1. The number of nitrogens with zero attached hydrogens (tertiary/aromatic N) is 3. The van der Waals surface area contributed by atoms with E-state index in [0.717, 1.165) is 54.6 Å². The van der Waals surface area contributed by atoms with Crippen molar-refractivity contribution in [1.82, 2.24) is 15.2 Å². The fourth-order valence-corrected chi connectivity index (χ4v) is 3.40. The van der Waals surface area contributed by atoms with Crippen LogP contribution < -0.4 is 10.2 Å². The Bertz CT molecular complexity index is 818. The molecule has 3 rings (SSSR count). The maximum absolute atomic E-state index is 12.1. The first-order valence-electron chi connectivity index (χ1n) is 9.87. The number of hydrogen-bond acceptors (Lipinski definition) is 5. The molecule has 1 aliphatic rings. The van der Waals surface area contributed by atoms with E-state index in [2.05, 4.69) is 26.4 Å².